The van der Waals surface area contributed by atoms with E-state index in [0.717, 1.165) is 6.42 Å². The lowest BCUT2D eigenvalue weighted by Crippen LogP contribution is -2.20. The zero-order chi connectivity index (χ0) is 12.1. The molecule has 0 aliphatic carbocycles. The Hall–Kier alpha value is -1.31. The van der Waals surface area contributed by atoms with E-state index in [1.165, 1.54) is 16.7 Å². The first kappa shape index (κ1) is 12.8. The Bertz CT molecular complexity index is 371. The van der Waals surface area contributed by atoms with Crippen LogP contribution < -0.4 is 5.32 Å². The van der Waals surface area contributed by atoms with Crippen LogP contribution in [-0.2, 0) is 4.79 Å². The molecule has 0 aromatic heterocycles. The first-order chi connectivity index (χ1) is 7.58. The van der Waals surface area contributed by atoms with Crippen LogP contribution in [0.5, 0.6) is 0 Å². The van der Waals surface area contributed by atoms with Crippen molar-refractivity contribution in [3.63, 3.8) is 0 Å². The normalized spacial score (nSPS) is 12.2. The SMILES string of the molecule is CCC(CC(=O)NC)c1ccc(C)cc1C. The fraction of sp³-hybridized carbons (Fsp3) is 0.500. The summed E-state index contributed by atoms with van der Waals surface area (Å²) in [5, 5.41) is 2.69. The van der Waals surface area contributed by atoms with E-state index >= 15 is 0 Å². The summed E-state index contributed by atoms with van der Waals surface area (Å²) in [6.45, 7) is 6.35. The van der Waals surface area contributed by atoms with Crippen molar-refractivity contribution in [2.45, 2.75) is 39.5 Å². The number of carbonyl (C=O) groups excluding carboxylic acids is 1. The molecule has 0 saturated heterocycles. The highest BCUT2D eigenvalue weighted by molar-refractivity contribution is 5.76. The van der Waals surface area contributed by atoms with Crippen molar-refractivity contribution in [2.24, 2.45) is 0 Å². The predicted molar refractivity (Wildman–Crippen MR) is 67.6 cm³/mol. The largest absolute Gasteiger partial charge is 0.359 e. The minimum atomic E-state index is 0.117. The van der Waals surface area contributed by atoms with Crippen molar-refractivity contribution in [2.75, 3.05) is 7.05 Å². The molecular weight excluding hydrogens is 198 g/mol. The van der Waals surface area contributed by atoms with Crippen molar-refractivity contribution in [1.29, 1.82) is 0 Å². The summed E-state index contributed by atoms with van der Waals surface area (Å²) in [6, 6.07) is 6.46. The number of benzene rings is 1. The number of rotatable bonds is 4. The molecule has 1 aromatic carbocycles. The summed E-state index contributed by atoms with van der Waals surface area (Å²) < 4.78 is 0. The van der Waals surface area contributed by atoms with Crippen molar-refractivity contribution >= 4 is 5.91 Å². The quantitative estimate of drug-likeness (QED) is 0.828. The summed E-state index contributed by atoms with van der Waals surface area (Å²) >= 11 is 0. The van der Waals surface area contributed by atoms with Crippen LogP contribution in [0.3, 0.4) is 0 Å². The van der Waals surface area contributed by atoms with Crippen LogP contribution in [-0.4, -0.2) is 13.0 Å². The van der Waals surface area contributed by atoms with Gasteiger partial charge >= 0.3 is 0 Å². The molecule has 88 valence electrons. The van der Waals surface area contributed by atoms with Crippen LogP contribution in [0.4, 0.5) is 0 Å². The van der Waals surface area contributed by atoms with E-state index in [1.54, 1.807) is 7.05 Å². The number of hydrogen-bond acceptors (Lipinski definition) is 1. The van der Waals surface area contributed by atoms with Crippen LogP contribution in [0.2, 0.25) is 0 Å². The molecule has 0 aliphatic heterocycles. The Balaban J connectivity index is 2.90. The standard InChI is InChI=1S/C14H21NO/c1-5-12(9-14(16)15-4)13-7-6-10(2)8-11(13)3/h6-8,12H,5,9H2,1-4H3,(H,15,16). The van der Waals surface area contributed by atoms with Crippen LogP contribution in [0.15, 0.2) is 18.2 Å². The van der Waals surface area contributed by atoms with Gasteiger partial charge in [0.1, 0.15) is 0 Å². The molecule has 2 nitrogen and oxygen atoms in total. The lowest BCUT2D eigenvalue weighted by Gasteiger charge is -2.17. The number of carbonyl (C=O) groups is 1. The van der Waals surface area contributed by atoms with Gasteiger partial charge in [0.2, 0.25) is 5.91 Å². The van der Waals surface area contributed by atoms with E-state index in [9.17, 15) is 4.79 Å². The minimum Gasteiger partial charge on any atom is -0.359 e. The molecule has 1 unspecified atom stereocenters. The number of aryl methyl sites for hydroxylation is 2. The van der Waals surface area contributed by atoms with E-state index in [-0.39, 0.29) is 5.91 Å². The lowest BCUT2D eigenvalue weighted by atomic mass is 9.89. The molecule has 0 spiro atoms. The molecule has 1 atom stereocenters. The van der Waals surface area contributed by atoms with Crippen molar-refractivity contribution in [3.8, 4) is 0 Å². The molecule has 1 aromatic rings. The van der Waals surface area contributed by atoms with Crippen molar-refractivity contribution < 1.29 is 4.79 Å². The van der Waals surface area contributed by atoms with Gasteiger partial charge < -0.3 is 5.32 Å². The van der Waals surface area contributed by atoms with E-state index in [2.05, 4.69) is 44.3 Å². The molecule has 1 amide bonds. The topological polar surface area (TPSA) is 29.1 Å². The molecule has 0 heterocycles. The molecule has 0 aliphatic rings. The number of hydrogen-bond donors (Lipinski definition) is 1. The second kappa shape index (κ2) is 5.69. The Morgan fingerprint density at radius 3 is 2.56 bits per heavy atom. The van der Waals surface area contributed by atoms with Gasteiger partial charge in [-0.3, -0.25) is 4.79 Å². The van der Waals surface area contributed by atoms with Crippen LogP contribution in [0, 0.1) is 13.8 Å². The second-order valence-electron chi connectivity index (χ2n) is 4.34. The van der Waals surface area contributed by atoms with Gasteiger partial charge in [0, 0.05) is 13.5 Å². The van der Waals surface area contributed by atoms with Gasteiger partial charge in [-0.1, -0.05) is 30.7 Å². The Labute approximate surface area is 98.1 Å². The third kappa shape index (κ3) is 3.09. The first-order valence-corrected chi connectivity index (χ1v) is 5.86. The van der Waals surface area contributed by atoms with Gasteiger partial charge in [-0.25, -0.2) is 0 Å². The molecule has 2 heteroatoms. The van der Waals surface area contributed by atoms with Gasteiger partial charge in [0.25, 0.3) is 0 Å². The maximum atomic E-state index is 11.4. The third-order valence-electron chi connectivity index (χ3n) is 3.07. The minimum absolute atomic E-state index is 0.117. The number of nitrogens with one attached hydrogen (secondary N) is 1. The molecule has 0 saturated carbocycles. The monoisotopic (exact) mass is 219 g/mol. The Kier molecular flexibility index (Phi) is 4.53. The third-order valence-corrected chi connectivity index (χ3v) is 3.07. The van der Waals surface area contributed by atoms with Crippen LogP contribution >= 0.6 is 0 Å². The molecular formula is C14H21NO. The summed E-state index contributed by atoms with van der Waals surface area (Å²) in [5.41, 5.74) is 3.86. The van der Waals surface area contributed by atoms with Crippen LogP contribution in [0.25, 0.3) is 0 Å². The highest BCUT2D eigenvalue weighted by Gasteiger charge is 2.15. The van der Waals surface area contributed by atoms with Gasteiger partial charge in [-0.2, -0.15) is 0 Å². The maximum absolute atomic E-state index is 11.4. The van der Waals surface area contributed by atoms with E-state index < -0.39 is 0 Å². The Morgan fingerprint density at radius 1 is 1.38 bits per heavy atom. The summed E-state index contributed by atoms with van der Waals surface area (Å²) in [7, 11) is 1.69. The van der Waals surface area contributed by atoms with Gasteiger partial charge in [0.15, 0.2) is 0 Å². The summed E-state index contributed by atoms with van der Waals surface area (Å²) in [6.07, 6.45) is 1.58. The maximum Gasteiger partial charge on any atom is 0.220 e. The zero-order valence-corrected chi connectivity index (χ0v) is 10.6. The second-order valence-corrected chi connectivity index (χ2v) is 4.34. The molecule has 0 bridgehead atoms. The summed E-state index contributed by atoms with van der Waals surface area (Å²) in [4.78, 5) is 11.4. The fourth-order valence-corrected chi connectivity index (χ4v) is 2.08. The first-order valence-electron chi connectivity index (χ1n) is 5.86. The summed E-state index contributed by atoms with van der Waals surface area (Å²) in [5.74, 6) is 0.451. The lowest BCUT2D eigenvalue weighted by molar-refractivity contribution is -0.121. The zero-order valence-electron chi connectivity index (χ0n) is 10.6. The van der Waals surface area contributed by atoms with E-state index in [1.807, 2.05) is 0 Å². The Morgan fingerprint density at radius 2 is 2.06 bits per heavy atom. The number of amides is 1. The highest BCUT2D eigenvalue weighted by Crippen LogP contribution is 2.26. The highest BCUT2D eigenvalue weighted by atomic mass is 16.1. The van der Waals surface area contributed by atoms with E-state index in [4.69, 9.17) is 0 Å². The van der Waals surface area contributed by atoms with E-state index in [0.29, 0.717) is 12.3 Å². The average Bonchev–Trinajstić information content (AvgIpc) is 2.26. The van der Waals surface area contributed by atoms with Crippen molar-refractivity contribution in [1.82, 2.24) is 5.32 Å². The molecule has 16 heavy (non-hydrogen) atoms. The smallest absolute Gasteiger partial charge is 0.220 e. The molecule has 0 radical (unpaired) electrons. The average molecular weight is 219 g/mol. The predicted octanol–water partition coefficient (Wildman–Crippen LogP) is 2.93. The van der Waals surface area contributed by atoms with Gasteiger partial charge in [0.05, 0.1) is 0 Å². The van der Waals surface area contributed by atoms with Gasteiger partial charge in [-0.15, -0.1) is 0 Å². The molecule has 0 fully saturated rings. The fourth-order valence-electron chi connectivity index (χ4n) is 2.08. The van der Waals surface area contributed by atoms with Gasteiger partial charge in [-0.05, 0) is 37.3 Å². The molecule has 1 N–H and O–H groups in total. The molecule has 1 rings (SSSR count). The van der Waals surface area contributed by atoms with Crippen LogP contribution in [0.1, 0.15) is 42.4 Å². The van der Waals surface area contributed by atoms with Crippen molar-refractivity contribution in [3.05, 3.63) is 34.9 Å².